The summed E-state index contributed by atoms with van der Waals surface area (Å²) in [5.41, 5.74) is 1.98. The molecular weight excluding hydrogens is 377 g/mol. The van der Waals surface area contributed by atoms with Crippen molar-refractivity contribution in [1.82, 2.24) is 9.97 Å². The average molecular weight is 397 g/mol. The highest BCUT2D eigenvalue weighted by molar-refractivity contribution is 14.1. The Labute approximate surface area is 139 Å². The van der Waals surface area contributed by atoms with Gasteiger partial charge in [-0.05, 0) is 47.6 Å². The second kappa shape index (κ2) is 7.06. The highest BCUT2D eigenvalue weighted by Crippen LogP contribution is 2.32. The van der Waals surface area contributed by atoms with Crippen molar-refractivity contribution in [2.75, 3.05) is 19.0 Å². The van der Waals surface area contributed by atoms with Crippen LogP contribution in [0.1, 0.15) is 32.4 Å². The van der Waals surface area contributed by atoms with Crippen molar-refractivity contribution in [3.63, 3.8) is 0 Å². The van der Waals surface area contributed by atoms with Crippen molar-refractivity contribution >= 4 is 28.4 Å². The summed E-state index contributed by atoms with van der Waals surface area (Å²) in [6.45, 7) is 6.88. The number of aromatic nitrogens is 2. The number of nitrogens with zero attached hydrogens (tertiary/aromatic N) is 2. The molecule has 2 rings (SSSR count). The van der Waals surface area contributed by atoms with E-state index in [0.717, 1.165) is 26.4 Å². The monoisotopic (exact) mass is 397 g/mol. The van der Waals surface area contributed by atoms with E-state index in [1.807, 2.05) is 38.2 Å². The first-order valence-electron chi connectivity index (χ1n) is 7.05. The summed E-state index contributed by atoms with van der Waals surface area (Å²) in [7, 11) is 1.88. The zero-order valence-electron chi connectivity index (χ0n) is 12.8. The maximum atomic E-state index is 5.69. The third kappa shape index (κ3) is 3.45. The maximum absolute atomic E-state index is 5.69. The molecule has 21 heavy (non-hydrogen) atoms. The second-order valence-electron chi connectivity index (χ2n) is 4.93. The van der Waals surface area contributed by atoms with E-state index in [0.29, 0.717) is 18.3 Å². The molecule has 0 aliphatic heterocycles. The minimum absolute atomic E-state index is 0.338. The molecule has 1 aromatic heterocycles. The Morgan fingerprint density at radius 1 is 1.24 bits per heavy atom. The smallest absolute Gasteiger partial charge is 0.165 e. The summed E-state index contributed by atoms with van der Waals surface area (Å²) in [4.78, 5) is 9.39. The van der Waals surface area contributed by atoms with Gasteiger partial charge in [-0.1, -0.05) is 26.0 Å². The highest BCUT2D eigenvalue weighted by Gasteiger charge is 2.17. The Morgan fingerprint density at radius 3 is 2.57 bits per heavy atom. The van der Waals surface area contributed by atoms with Crippen molar-refractivity contribution < 1.29 is 4.74 Å². The topological polar surface area (TPSA) is 47.0 Å². The van der Waals surface area contributed by atoms with Crippen molar-refractivity contribution in [1.29, 1.82) is 0 Å². The van der Waals surface area contributed by atoms with Gasteiger partial charge >= 0.3 is 0 Å². The SMILES string of the molecule is CCOc1ccccc1-c1nc(NC)c(I)c(C(C)C)n1. The standard InChI is InChI=1S/C16H20IN3O/c1-5-21-12-9-7-6-8-11(12)15-19-14(10(2)3)13(17)16(18-4)20-15/h6-10H,5H2,1-4H3,(H,18,19,20). The molecule has 1 heterocycles. The van der Waals surface area contributed by atoms with Crippen LogP contribution in [0.5, 0.6) is 5.75 Å². The molecule has 0 amide bonds. The van der Waals surface area contributed by atoms with Crippen LogP contribution in [0.25, 0.3) is 11.4 Å². The Hall–Kier alpha value is -1.37. The fourth-order valence-corrected chi connectivity index (χ4v) is 3.20. The Balaban J connectivity index is 2.61. The fraction of sp³-hybridized carbons (Fsp3) is 0.375. The van der Waals surface area contributed by atoms with E-state index in [1.54, 1.807) is 0 Å². The number of para-hydroxylation sites is 1. The lowest BCUT2D eigenvalue weighted by atomic mass is 10.1. The van der Waals surface area contributed by atoms with Crippen LogP contribution in [0.3, 0.4) is 0 Å². The molecule has 112 valence electrons. The van der Waals surface area contributed by atoms with E-state index in [9.17, 15) is 0 Å². The Morgan fingerprint density at radius 2 is 1.95 bits per heavy atom. The van der Waals surface area contributed by atoms with E-state index >= 15 is 0 Å². The average Bonchev–Trinajstić information content (AvgIpc) is 2.48. The number of ether oxygens (including phenoxy) is 1. The van der Waals surface area contributed by atoms with E-state index in [1.165, 1.54) is 0 Å². The van der Waals surface area contributed by atoms with Crippen LogP contribution < -0.4 is 10.1 Å². The molecule has 0 radical (unpaired) electrons. The predicted molar refractivity (Wildman–Crippen MR) is 95.0 cm³/mol. The molecule has 0 bridgehead atoms. The lowest BCUT2D eigenvalue weighted by molar-refractivity contribution is 0.341. The van der Waals surface area contributed by atoms with Gasteiger partial charge in [-0.25, -0.2) is 9.97 Å². The molecule has 0 aliphatic rings. The number of rotatable bonds is 5. The van der Waals surface area contributed by atoms with E-state index in [2.05, 4.69) is 46.7 Å². The molecule has 2 aromatic rings. The third-order valence-corrected chi connectivity index (χ3v) is 4.15. The number of nitrogens with one attached hydrogen (secondary N) is 1. The molecule has 0 saturated heterocycles. The van der Waals surface area contributed by atoms with Gasteiger partial charge in [0.2, 0.25) is 0 Å². The second-order valence-corrected chi connectivity index (χ2v) is 6.01. The first kappa shape index (κ1) is 16.0. The zero-order valence-corrected chi connectivity index (χ0v) is 14.9. The third-order valence-electron chi connectivity index (χ3n) is 3.09. The fourth-order valence-electron chi connectivity index (χ4n) is 2.07. The van der Waals surface area contributed by atoms with Crippen LogP contribution in [0, 0.1) is 3.57 Å². The summed E-state index contributed by atoms with van der Waals surface area (Å²) in [5, 5.41) is 3.15. The largest absolute Gasteiger partial charge is 0.493 e. The molecule has 0 spiro atoms. The number of hydrogen-bond donors (Lipinski definition) is 1. The van der Waals surface area contributed by atoms with E-state index in [4.69, 9.17) is 9.72 Å². The van der Waals surface area contributed by atoms with E-state index < -0.39 is 0 Å². The first-order chi connectivity index (χ1) is 10.1. The van der Waals surface area contributed by atoms with Crippen LogP contribution in [0.15, 0.2) is 24.3 Å². The quantitative estimate of drug-likeness (QED) is 0.764. The maximum Gasteiger partial charge on any atom is 0.165 e. The van der Waals surface area contributed by atoms with Gasteiger partial charge in [-0.15, -0.1) is 0 Å². The number of anilines is 1. The highest BCUT2D eigenvalue weighted by atomic mass is 127. The van der Waals surface area contributed by atoms with Gasteiger partial charge in [0, 0.05) is 7.05 Å². The van der Waals surface area contributed by atoms with Crippen molar-refractivity contribution in [3.8, 4) is 17.1 Å². The van der Waals surface area contributed by atoms with Gasteiger partial charge in [0.05, 0.1) is 21.4 Å². The van der Waals surface area contributed by atoms with Gasteiger partial charge < -0.3 is 10.1 Å². The Kier molecular flexibility index (Phi) is 5.39. The summed E-state index contributed by atoms with van der Waals surface area (Å²) < 4.78 is 6.77. The van der Waals surface area contributed by atoms with E-state index in [-0.39, 0.29) is 0 Å². The predicted octanol–water partition coefficient (Wildman–Crippen LogP) is 4.31. The van der Waals surface area contributed by atoms with Gasteiger partial charge in [-0.3, -0.25) is 0 Å². The van der Waals surface area contributed by atoms with Crippen molar-refractivity contribution in [2.45, 2.75) is 26.7 Å². The molecule has 0 saturated carbocycles. The number of benzene rings is 1. The minimum atomic E-state index is 0.338. The Bertz CT molecular complexity index is 629. The minimum Gasteiger partial charge on any atom is -0.493 e. The van der Waals surface area contributed by atoms with Gasteiger partial charge in [0.25, 0.3) is 0 Å². The molecule has 0 unspecified atom stereocenters. The molecular formula is C16H20IN3O. The summed E-state index contributed by atoms with van der Waals surface area (Å²) in [6, 6.07) is 7.89. The normalized spacial score (nSPS) is 10.8. The summed E-state index contributed by atoms with van der Waals surface area (Å²) in [6.07, 6.45) is 0. The van der Waals surface area contributed by atoms with Gasteiger partial charge in [0.1, 0.15) is 11.6 Å². The lowest BCUT2D eigenvalue weighted by Crippen LogP contribution is -2.07. The van der Waals surface area contributed by atoms with Gasteiger partial charge in [0.15, 0.2) is 5.82 Å². The molecule has 0 fully saturated rings. The molecule has 1 aromatic carbocycles. The summed E-state index contributed by atoms with van der Waals surface area (Å²) in [5.74, 6) is 2.71. The van der Waals surface area contributed by atoms with Crippen LogP contribution in [-0.4, -0.2) is 23.6 Å². The summed E-state index contributed by atoms with van der Waals surface area (Å²) >= 11 is 2.30. The molecule has 0 aliphatic carbocycles. The molecule has 5 heteroatoms. The lowest BCUT2D eigenvalue weighted by Gasteiger charge is -2.15. The van der Waals surface area contributed by atoms with Crippen LogP contribution in [0.2, 0.25) is 0 Å². The van der Waals surface area contributed by atoms with Crippen LogP contribution in [-0.2, 0) is 0 Å². The van der Waals surface area contributed by atoms with Crippen molar-refractivity contribution in [3.05, 3.63) is 33.5 Å². The van der Waals surface area contributed by atoms with Crippen LogP contribution in [0.4, 0.5) is 5.82 Å². The van der Waals surface area contributed by atoms with Gasteiger partial charge in [-0.2, -0.15) is 0 Å². The number of hydrogen-bond acceptors (Lipinski definition) is 4. The van der Waals surface area contributed by atoms with Crippen molar-refractivity contribution in [2.24, 2.45) is 0 Å². The number of halogens is 1. The molecule has 0 atom stereocenters. The molecule has 4 nitrogen and oxygen atoms in total. The molecule has 1 N–H and O–H groups in total. The zero-order chi connectivity index (χ0) is 15.4. The van der Waals surface area contributed by atoms with Crippen LogP contribution >= 0.6 is 22.6 Å². The first-order valence-corrected chi connectivity index (χ1v) is 8.13.